The number of esters is 1. The third kappa shape index (κ3) is 5.31. The number of rotatable bonds is 8. The van der Waals surface area contributed by atoms with Gasteiger partial charge in [-0.15, -0.1) is 0 Å². The summed E-state index contributed by atoms with van der Waals surface area (Å²) in [6.45, 7) is 3.49. The van der Waals surface area contributed by atoms with Crippen LogP contribution >= 0.6 is 0 Å². The fourth-order valence-electron chi connectivity index (χ4n) is 2.19. The van der Waals surface area contributed by atoms with Crippen molar-refractivity contribution in [3.63, 3.8) is 0 Å². The minimum absolute atomic E-state index is 0.293. The van der Waals surface area contributed by atoms with E-state index in [1.165, 1.54) is 14.0 Å². The minimum atomic E-state index is -1.08. The van der Waals surface area contributed by atoms with Crippen molar-refractivity contribution in [2.75, 3.05) is 13.7 Å². The first-order chi connectivity index (χ1) is 13.0. The lowest BCUT2D eigenvalue weighted by molar-refractivity contribution is -0.144. The standard InChI is InChI=1S/C20H21NO6/c1-4-26-20(24)14-8-10-16(11-9-14)21-12-15-6-5-7-17(25-3)18(15)27-13(2)19(22)23/h5-13H,4H2,1-3H3,(H,22,23)/t13-/m0/s1. The third-order valence-electron chi connectivity index (χ3n) is 3.60. The summed E-state index contributed by atoms with van der Waals surface area (Å²) in [5.74, 6) is -0.774. The number of nitrogens with zero attached hydrogens (tertiary/aromatic N) is 1. The van der Waals surface area contributed by atoms with Crippen LogP contribution in [0.25, 0.3) is 0 Å². The number of carbonyl (C=O) groups excluding carboxylic acids is 1. The Labute approximate surface area is 157 Å². The SMILES string of the molecule is CCOC(=O)c1ccc(N=Cc2cccc(OC)c2O[C@@H](C)C(=O)O)cc1. The zero-order valence-electron chi connectivity index (χ0n) is 15.3. The van der Waals surface area contributed by atoms with E-state index in [9.17, 15) is 9.59 Å². The molecule has 1 atom stereocenters. The van der Waals surface area contributed by atoms with Gasteiger partial charge in [-0.2, -0.15) is 0 Å². The van der Waals surface area contributed by atoms with Crippen LogP contribution in [0.1, 0.15) is 29.8 Å². The van der Waals surface area contributed by atoms with Crippen LogP contribution in [0.3, 0.4) is 0 Å². The Balaban J connectivity index is 2.25. The Bertz CT molecular complexity index is 829. The van der Waals surface area contributed by atoms with Crippen LogP contribution in [0.4, 0.5) is 5.69 Å². The molecule has 7 heteroatoms. The van der Waals surface area contributed by atoms with Gasteiger partial charge in [0, 0.05) is 11.8 Å². The van der Waals surface area contributed by atoms with Crippen LogP contribution in [0.15, 0.2) is 47.5 Å². The minimum Gasteiger partial charge on any atom is -0.493 e. The second kappa shape index (κ2) is 9.38. The molecule has 1 N–H and O–H groups in total. The van der Waals surface area contributed by atoms with Gasteiger partial charge >= 0.3 is 11.9 Å². The molecule has 0 saturated heterocycles. The van der Waals surface area contributed by atoms with Gasteiger partial charge in [0.1, 0.15) is 0 Å². The van der Waals surface area contributed by atoms with E-state index in [1.54, 1.807) is 55.6 Å². The number of carbonyl (C=O) groups is 2. The Kier molecular flexibility index (Phi) is 6.93. The quantitative estimate of drug-likeness (QED) is 0.564. The zero-order chi connectivity index (χ0) is 19.8. The number of ether oxygens (including phenoxy) is 3. The Hall–Kier alpha value is -3.35. The zero-order valence-corrected chi connectivity index (χ0v) is 15.3. The van der Waals surface area contributed by atoms with E-state index in [-0.39, 0.29) is 5.97 Å². The van der Waals surface area contributed by atoms with Gasteiger partial charge in [-0.3, -0.25) is 4.99 Å². The lowest BCUT2D eigenvalue weighted by atomic mass is 10.2. The highest BCUT2D eigenvalue weighted by Crippen LogP contribution is 2.31. The van der Waals surface area contributed by atoms with Gasteiger partial charge in [0.2, 0.25) is 0 Å². The van der Waals surface area contributed by atoms with Crippen LogP contribution in [0.2, 0.25) is 0 Å². The molecule has 0 aromatic heterocycles. The monoisotopic (exact) mass is 371 g/mol. The number of aliphatic imine (C=N–C) groups is 1. The smallest absolute Gasteiger partial charge is 0.344 e. The molecule has 0 bridgehead atoms. The van der Waals surface area contributed by atoms with E-state index in [0.29, 0.717) is 34.9 Å². The molecule has 0 aliphatic heterocycles. The molecule has 0 unspecified atom stereocenters. The summed E-state index contributed by atoms with van der Waals surface area (Å²) in [4.78, 5) is 27.1. The maximum atomic E-state index is 11.7. The number of carboxylic acid groups (broad SMARTS) is 1. The molecular formula is C20H21NO6. The third-order valence-corrected chi connectivity index (χ3v) is 3.60. The first-order valence-electron chi connectivity index (χ1n) is 8.34. The highest BCUT2D eigenvalue weighted by Gasteiger charge is 2.17. The molecule has 0 saturated carbocycles. The lowest BCUT2D eigenvalue weighted by Gasteiger charge is -2.15. The molecule has 0 spiro atoms. The maximum Gasteiger partial charge on any atom is 0.344 e. The molecule has 2 rings (SSSR count). The number of carboxylic acids is 1. The van der Waals surface area contributed by atoms with Gasteiger partial charge < -0.3 is 19.3 Å². The van der Waals surface area contributed by atoms with Crippen LogP contribution in [0.5, 0.6) is 11.5 Å². The lowest BCUT2D eigenvalue weighted by Crippen LogP contribution is -2.23. The molecule has 142 valence electrons. The predicted octanol–water partition coefficient (Wildman–Crippen LogP) is 3.47. The number of hydrogen-bond acceptors (Lipinski definition) is 6. The molecule has 0 aliphatic carbocycles. The van der Waals surface area contributed by atoms with Crippen molar-refractivity contribution >= 4 is 23.8 Å². The molecule has 0 fully saturated rings. The molecule has 0 heterocycles. The number of para-hydroxylation sites is 1. The summed E-state index contributed by atoms with van der Waals surface area (Å²) >= 11 is 0. The van der Waals surface area contributed by atoms with E-state index in [4.69, 9.17) is 19.3 Å². The van der Waals surface area contributed by atoms with Gasteiger partial charge in [0.25, 0.3) is 0 Å². The summed E-state index contributed by atoms with van der Waals surface area (Å²) in [6, 6.07) is 11.8. The van der Waals surface area contributed by atoms with Gasteiger partial charge in [-0.05, 0) is 50.2 Å². The van der Waals surface area contributed by atoms with E-state index in [1.807, 2.05) is 0 Å². The van der Waals surface area contributed by atoms with Crippen molar-refractivity contribution in [3.05, 3.63) is 53.6 Å². The summed E-state index contributed by atoms with van der Waals surface area (Å²) in [7, 11) is 1.47. The first-order valence-corrected chi connectivity index (χ1v) is 8.34. The predicted molar refractivity (Wildman–Crippen MR) is 100 cm³/mol. The van der Waals surface area contributed by atoms with Crippen molar-refractivity contribution < 1.29 is 28.9 Å². The van der Waals surface area contributed by atoms with Crippen molar-refractivity contribution in [2.45, 2.75) is 20.0 Å². The van der Waals surface area contributed by atoms with Crippen molar-refractivity contribution in [1.29, 1.82) is 0 Å². The van der Waals surface area contributed by atoms with Crippen LogP contribution in [0, 0.1) is 0 Å². The van der Waals surface area contributed by atoms with Crippen molar-refractivity contribution in [3.8, 4) is 11.5 Å². The van der Waals surface area contributed by atoms with Gasteiger partial charge in [0.15, 0.2) is 17.6 Å². The van der Waals surface area contributed by atoms with E-state index in [0.717, 1.165) is 0 Å². The highest BCUT2D eigenvalue weighted by atomic mass is 16.5. The number of methoxy groups -OCH3 is 1. The molecular weight excluding hydrogens is 350 g/mol. The van der Waals surface area contributed by atoms with Crippen LogP contribution in [-0.2, 0) is 9.53 Å². The number of hydrogen-bond donors (Lipinski definition) is 1. The fraction of sp³-hybridized carbons (Fsp3) is 0.250. The average molecular weight is 371 g/mol. The summed E-state index contributed by atoms with van der Waals surface area (Å²) < 4.78 is 15.7. The average Bonchev–Trinajstić information content (AvgIpc) is 2.67. The van der Waals surface area contributed by atoms with Crippen molar-refractivity contribution in [2.24, 2.45) is 4.99 Å². The van der Waals surface area contributed by atoms with Crippen molar-refractivity contribution in [1.82, 2.24) is 0 Å². The molecule has 0 amide bonds. The van der Waals surface area contributed by atoms with Gasteiger partial charge in [-0.1, -0.05) is 6.07 Å². The van der Waals surface area contributed by atoms with E-state index >= 15 is 0 Å². The molecule has 7 nitrogen and oxygen atoms in total. The second-order valence-electron chi connectivity index (χ2n) is 5.50. The van der Waals surface area contributed by atoms with Gasteiger partial charge in [-0.25, -0.2) is 9.59 Å². The second-order valence-corrected chi connectivity index (χ2v) is 5.50. The number of aliphatic carboxylic acids is 1. The van der Waals surface area contributed by atoms with Crippen LogP contribution < -0.4 is 9.47 Å². The topological polar surface area (TPSA) is 94.4 Å². The number of benzene rings is 2. The Morgan fingerprint density at radius 3 is 2.48 bits per heavy atom. The Morgan fingerprint density at radius 1 is 1.19 bits per heavy atom. The van der Waals surface area contributed by atoms with E-state index in [2.05, 4.69) is 4.99 Å². The molecule has 0 radical (unpaired) electrons. The highest BCUT2D eigenvalue weighted by molar-refractivity contribution is 5.90. The summed E-state index contributed by atoms with van der Waals surface area (Å²) in [5, 5.41) is 9.08. The van der Waals surface area contributed by atoms with E-state index < -0.39 is 12.1 Å². The summed E-state index contributed by atoms with van der Waals surface area (Å²) in [5.41, 5.74) is 1.62. The van der Waals surface area contributed by atoms with Gasteiger partial charge in [0.05, 0.1) is 25.0 Å². The summed E-state index contributed by atoms with van der Waals surface area (Å²) in [6.07, 6.45) is 0.503. The Morgan fingerprint density at radius 2 is 1.89 bits per heavy atom. The first kappa shape index (κ1) is 20.0. The fourth-order valence-corrected chi connectivity index (χ4v) is 2.19. The van der Waals surface area contributed by atoms with Crippen LogP contribution in [-0.4, -0.2) is 43.1 Å². The largest absolute Gasteiger partial charge is 0.493 e. The molecule has 2 aromatic carbocycles. The molecule has 27 heavy (non-hydrogen) atoms. The normalized spacial score (nSPS) is 11.8. The molecule has 2 aromatic rings. The maximum absolute atomic E-state index is 11.7. The molecule has 0 aliphatic rings.